The molecule has 1 aromatic heterocycles. The Hall–Kier alpha value is -0.420. The average Bonchev–Trinajstić information content (AvgIpc) is 2.70. The predicted octanol–water partition coefficient (Wildman–Crippen LogP) is 4.16. The Bertz CT molecular complexity index is 513. The third kappa shape index (κ3) is 3.78. The summed E-state index contributed by atoms with van der Waals surface area (Å²) in [6.07, 6.45) is 1.92. The van der Waals surface area contributed by atoms with Crippen LogP contribution in [-0.4, -0.2) is 4.98 Å². The lowest BCUT2D eigenvalue weighted by Gasteiger charge is -2.04. The van der Waals surface area contributed by atoms with E-state index in [1.165, 1.54) is 10.4 Å². The Morgan fingerprint density at radius 1 is 1.41 bits per heavy atom. The van der Waals surface area contributed by atoms with Crippen molar-refractivity contribution in [2.45, 2.75) is 20.0 Å². The predicted molar refractivity (Wildman–Crippen MR) is 76.5 cm³/mol. The molecule has 2 rings (SSSR count). The summed E-state index contributed by atoms with van der Waals surface area (Å²) in [5.74, 6) is 0. The molecule has 0 atom stereocenters. The highest BCUT2D eigenvalue weighted by Crippen LogP contribution is 2.23. The molecule has 2 nitrogen and oxygen atoms in total. The Morgan fingerprint density at radius 2 is 2.24 bits per heavy atom. The zero-order chi connectivity index (χ0) is 12.3. The SMILES string of the molecule is Cc1ncc(CNCc2ccc(Cl)c(Br)c2)s1. The van der Waals surface area contributed by atoms with Crippen LogP contribution >= 0.6 is 38.9 Å². The first-order valence-corrected chi connectivity index (χ1v) is 7.20. The van der Waals surface area contributed by atoms with Gasteiger partial charge >= 0.3 is 0 Å². The zero-order valence-electron chi connectivity index (χ0n) is 9.34. The van der Waals surface area contributed by atoms with Crippen LogP contribution in [-0.2, 0) is 13.1 Å². The maximum Gasteiger partial charge on any atom is 0.0897 e. The maximum absolute atomic E-state index is 5.94. The number of nitrogens with one attached hydrogen (secondary N) is 1. The van der Waals surface area contributed by atoms with E-state index in [9.17, 15) is 0 Å². The van der Waals surface area contributed by atoms with Gasteiger partial charge in [-0.2, -0.15) is 0 Å². The van der Waals surface area contributed by atoms with Gasteiger partial charge in [0.15, 0.2) is 0 Å². The van der Waals surface area contributed by atoms with Crippen LogP contribution in [0.3, 0.4) is 0 Å². The van der Waals surface area contributed by atoms with Crippen molar-refractivity contribution in [1.29, 1.82) is 0 Å². The van der Waals surface area contributed by atoms with Crippen molar-refractivity contribution in [1.82, 2.24) is 10.3 Å². The Balaban J connectivity index is 1.87. The lowest BCUT2D eigenvalue weighted by Crippen LogP contribution is -2.11. The molecule has 0 saturated carbocycles. The van der Waals surface area contributed by atoms with Gasteiger partial charge in [0.05, 0.1) is 10.0 Å². The molecular weight excluding hydrogens is 320 g/mol. The van der Waals surface area contributed by atoms with Crippen molar-refractivity contribution in [3.8, 4) is 0 Å². The summed E-state index contributed by atoms with van der Waals surface area (Å²) >= 11 is 11.1. The molecule has 90 valence electrons. The molecule has 5 heteroatoms. The summed E-state index contributed by atoms with van der Waals surface area (Å²) in [5.41, 5.74) is 1.21. The van der Waals surface area contributed by atoms with Gasteiger partial charge in [-0.1, -0.05) is 17.7 Å². The van der Waals surface area contributed by atoms with Crippen molar-refractivity contribution in [3.05, 3.63) is 49.3 Å². The number of aryl methyl sites for hydroxylation is 1. The van der Waals surface area contributed by atoms with Gasteiger partial charge in [0.25, 0.3) is 0 Å². The van der Waals surface area contributed by atoms with Crippen LogP contribution in [0.1, 0.15) is 15.4 Å². The Labute approximate surface area is 118 Å². The highest BCUT2D eigenvalue weighted by molar-refractivity contribution is 9.10. The number of benzene rings is 1. The highest BCUT2D eigenvalue weighted by Gasteiger charge is 2.00. The number of aromatic nitrogens is 1. The second-order valence-corrected chi connectivity index (χ2v) is 6.28. The van der Waals surface area contributed by atoms with E-state index in [2.05, 4.69) is 26.2 Å². The standard InChI is InChI=1S/C12H12BrClN2S/c1-8-16-7-10(17-8)6-15-5-9-2-3-12(14)11(13)4-9/h2-4,7,15H,5-6H2,1H3. The molecule has 0 aliphatic carbocycles. The second-order valence-electron chi connectivity index (χ2n) is 3.70. The molecule has 0 fully saturated rings. The summed E-state index contributed by atoms with van der Waals surface area (Å²) in [5, 5.41) is 5.23. The third-order valence-corrected chi connectivity index (χ3v) is 4.41. The molecule has 0 saturated heterocycles. The van der Waals surface area contributed by atoms with Gasteiger partial charge in [-0.15, -0.1) is 11.3 Å². The molecule has 0 amide bonds. The van der Waals surface area contributed by atoms with E-state index in [4.69, 9.17) is 11.6 Å². The number of hydrogen-bond donors (Lipinski definition) is 1. The summed E-state index contributed by atoms with van der Waals surface area (Å²) in [6.45, 7) is 3.70. The summed E-state index contributed by atoms with van der Waals surface area (Å²) < 4.78 is 0.937. The van der Waals surface area contributed by atoms with Crippen molar-refractivity contribution in [2.75, 3.05) is 0 Å². The van der Waals surface area contributed by atoms with Gasteiger partial charge in [0, 0.05) is 28.6 Å². The van der Waals surface area contributed by atoms with Crippen LogP contribution in [0.2, 0.25) is 5.02 Å². The largest absolute Gasteiger partial charge is 0.308 e. The van der Waals surface area contributed by atoms with Gasteiger partial charge in [-0.25, -0.2) is 4.98 Å². The molecule has 1 heterocycles. The second kappa shape index (κ2) is 5.96. The minimum absolute atomic E-state index is 0.742. The maximum atomic E-state index is 5.94. The fourth-order valence-electron chi connectivity index (χ4n) is 1.47. The first-order chi connectivity index (χ1) is 8.15. The van der Waals surface area contributed by atoms with Crippen molar-refractivity contribution >= 4 is 38.9 Å². The van der Waals surface area contributed by atoms with E-state index >= 15 is 0 Å². The van der Waals surface area contributed by atoms with E-state index in [1.54, 1.807) is 11.3 Å². The summed E-state index contributed by atoms with van der Waals surface area (Å²) in [7, 11) is 0. The van der Waals surface area contributed by atoms with Crippen LogP contribution in [0.4, 0.5) is 0 Å². The van der Waals surface area contributed by atoms with Crippen LogP contribution < -0.4 is 5.32 Å². The first kappa shape index (κ1) is 13.0. The van der Waals surface area contributed by atoms with E-state index in [0.29, 0.717) is 0 Å². The molecular formula is C12H12BrClN2S. The number of nitrogens with zero attached hydrogens (tertiary/aromatic N) is 1. The first-order valence-electron chi connectivity index (χ1n) is 5.21. The molecule has 0 aliphatic heterocycles. The van der Waals surface area contributed by atoms with Gasteiger partial charge in [0.1, 0.15) is 0 Å². The van der Waals surface area contributed by atoms with Gasteiger partial charge in [-0.3, -0.25) is 0 Å². The molecule has 0 unspecified atom stereocenters. The molecule has 1 aromatic carbocycles. The summed E-state index contributed by atoms with van der Waals surface area (Å²) in [6, 6.07) is 5.96. The number of hydrogen-bond acceptors (Lipinski definition) is 3. The van der Waals surface area contributed by atoms with E-state index in [0.717, 1.165) is 27.6 Å². The smallest absolute Gasteiger partial charge is 0.0897 e. The quantitative estimate of drug-likeness (QED) is 0.910. The molecule has 0 aliphatic rings. The molecule has 0 spiro atoms. The van der Waals surface area contributed by atoms with Crippen LogP contribution in [0.25, 0.3) is 0 Å². The molecule has 1 N–H and O–H groups in total. The Kier molecular flexibility index (Phi) is 4.56. The fourth-order valence-corrected chi connectivity index (χ4v) is 2.77. The van der Waals surface area contributed by atoms with Gasteiger partial charge < -0.3 is 5.32 Å². The van der Waals surface area contributed by atoms with E-state index in [-0.39, 0.29) is 0 Å². The lowest BCUT2D eigenvalue weighted by molar-refractivity contribution is 0.700. The molecule has 17 heavy (non-hydrogen) atoms. The minimum atomic E-state index is 0.742. The third-order valence-electron chi connectivity index (χ3n) is 2.28. The van der Waals surface area contributed by atoms with Crippen LogP contribution in [0.15, 0.2) is 28.9 Å². The van der Waals surface area contributed by atoms with E-state index in [1.807, 2.05) is 31.3 Å². The normalized spacial score (nSPS) is 10.8. The van der Waals surface area contributed by atoms with Crippen molar-refractivity contribution < 1.29 is 0 Å². The van der Waals surface area contributed by atoms with Crippen LogP contribution in [0.5, 0.6) is 0 Å². The minimum Gasteiger partial charge on any atom is -0.308 e. The fraction of sp³-hybridized carbons (Fsp3) is 0.250. The topological polar surface area (TPSA) is 24.9 Å². The monoisotopic (exact) mass is 330 g/mol. The van der Waals surface area contributed by atoms with Crippen molar-refractivity contribution in [2.24, 2.45) is 0 Å². The van der Waals surface area contributed by atoms with Gasteiger partial charge in [0.2, 0.25) is 0 Å². The molecule has 0 radical (unpaired) electrons. The zero-order valence-corrected chi connectivity index (χ0v) is 12.5. The lowest BCUT2D eigenvalue weighted by atomic mass is 10.2. The number of rotatable bonds is 4. The molecule has 0 bridgehead atoms. The van der Waals surface area contributed by atoms with Crippen molar-refractivity contribution in [3.63, 3.8) is 0 Å². The highest BCUT2D eigenvalue weighted by atomic mass is 79.9. The average molecular weight is 332 g/mol. The van der Waals surface area contributed by atoms with Gasteiger partial charge in [-0.05, 0) is 40.5 Å². The summed E-state index contributed by atoms with van der Waals surface area (Å²) in [4.78, 5) is 5.48. The Morgan fingerprint density at radius 3 is 2.88 bits per heavy atom. The number of thiazole rings is 1. The molecule has 2 aromatic rings. The number of halogens is 2. The van der Waals surface area contributed by atoms with E-state index < -0.39 is 0 Å². The van der Waals surface area contributed by atoms with Crippen LogP contribution in [0, 0.1) is 6.92 Å².